The van der Waals surface area contributed by atoms with Gasteiger partial charge in [-0.05, 0) is 65.9 Å². The molecule has 0 spiro atoms. The molecule has 38 heavy (non-hydrogen) atoms. The third-order valence-electron chi connectivity index (χ3n) is 6.72. The fraction of sp³-hybridized carbons (Fsp3) is 0.290. The van der Waals surface area contributed by atoms with Gasteiger partial charge in [0.25, 0.3) is 0 Å². The van der Waals surface area contributed by atoms with Crippen molar-refractivity contribution in [1.82, 2.24) is 15.3 Å². The smallest absolute Gasteiger partial charge is 0.0439 e. The number of nitrogens with one attached hydrogen (secondary N) is 1. The Labute approximate surface area is 230 Å². The SMILES string of the molecule is NC(Cc1ccccn1)CC(N)(CC(N)Cc1ccccn1)c1ccc(CNCc2cccc(Cl)c2)cc1. The summed E-state index contributed by atoms with van der Waals surface area (Å²) in [6.07, 6.45) is 6.07. The van der Waals surface area contributed by atoms with E-state index in [-0.39, 0.29) is 12.1 Å². The van der Waals surface area contributed by atoms with Crippen molar-refractivity contribution in [3.8, 4) is 0 Å². The van der Waals surface area contributed by atoms with Crippen molar-refractivity contribution in [2.24, 2.45) is 17.2 Å². The van der Waals surface area contributed by atoms with Crippen LogP contribution in [0.15, 0.2) is 97.3 Å². The molecule has 2 unspecified atom stereocenters. The molecule has 0 amide bonds. The van der Waals surface area contributed by atoms with Crippen LogP contribution in [0.25, 0.3) is 0 Å². The molecule has 0 aliphatic heterocycles. The molecular weight excluding hydrogens is 492 g/mol. The van der Waals surface area contributed by atoms with Crippen molar-refractivity contribution in [2.75, 3.05) is 0 Å². The van der Waals surface area contributed by atoms with Gasteiger partial charge in [0, 0.05) is 72.4 Å². The second-order valence-corrected chi connectivity index (χ2v) is 10.5. The number of nitrogens with two attached hydrogens (primary N) is 3. The average Bonchev–Trinajstić information content (AvgIpc) is 2.90. The maximum absolute atomic E-state index is 7.14. The van der Waals surface area contributed by atoms with E-state index >= 15 is 0 Å². The molecule has 4 aromatic rings. The Hall–Kier alpha value is -3.13. The second kappa shape index (κ2) is 13.6. The first-order chi connectivity index (χ1) is 18.4. The zero-order valence-corrected chi connectivity index (χ0v) is 22.4. The van der Waals surface area contributed by atoms with Gasteiger partial charge in [0.05, 0.1) is 0 Å². The lowest BCUT2D eigenvalue weighted by Gasteiger charge is -2.35. The number of rotatable bonds is 13. The standard InChI is InChI=1S/C31H37ClN6/c32-26-7-5-6-24(16-26)22-36-21-23-10-12-25(13-11-23)31(35,19-27(33)17-29-8-1-3-14-37-29)20-28(34)18-30-9-2-4-15-38-30/h1-16,27-28,36H,17-22,33-35H2. The number of pyridine rings is 2. The maximum atomic E-state index is 7.14. The summed E-state index contributed by atoms with van der Waals surface area (Å²) in [5.41, 5.74) is 25.0. The van der Waals surface area contributed by atoms with Crippen LogP contribution in [0, 0.1) is 0 Å². The van der Waals surface area contributed by atoms with E-state index < -0.39 is 5.54 Å². The Balaban J connectivity index is 1.44. The van der Waals surface area contributed by atoms with Crippen LogP contribution in [0.5, 0.6) is 0 Å². The largest absolute Gasteiger partial charge is 0.327 e. The van der Waals surface area contributed by atoms with E-state index in [2.05, 4.69) is 45.6 Å². The van der Waals surface area contributed by atoms with E-state index in [4.69, 9.17) is 28.8 Å². The number of benzene rings is 2. The predicted octanol–water partition coefficient (Wildman–Crippen LogP) is 4.49. The van der Waals surface area contributed by atoms with Crippen LogP contribution < -0.4 is 22.5 Å². The van der Waals surface area contributed by atoms with Crippen LogP contribution in [0.3, 0.4) is 0 Å². The Morgan fingerprint density at radius 3 is 1.82 bits per heavy atom. The van der Waals surface area contributed by atoms with Gasteiger partial charge in [0.1, 0.15) is 0 Å². The van der Waals surface area contributed by atoms with Crippen molar-refractivity contribution < 1.29 is 0 Å². The molecule has 0 saturated heterocycles. The Bertz CT molecular complexity index is 1200. The molecule has 198 valence electrons. The minimum Gasteiger partial charge on any atom is -0.327 e. The number of nitrogens with zero attached hydrogens (tertiary/aromatic N) is 2. The van der Waals surface area contributed by atoms with Crippen LogP contribution in [0.4, 0.5) is 0 Å². The summed E-state index contributed by atoms with van der Waals surface area (Å²) in [6, 6.07) is 27.8. The lowest BCUT2D eigenvalue weighted by Crippen LogP contribution is -2.47. The Morgan fingerprint density at radius 2 is 1.29 bits per heavy atom. The van der Waals surface area contributed by atoms with Crippen LogP contribution in [-0.2, 0) is 31.5 Å². The minimum absolute atomic E-state index is 0.156. The third-order valence-corrected chi connectivity index (χ3v) is 6.96. The molecule has 6 nitrogen and oxygen atoms in total. The molecule has 2 heterocycles. The molecular formula is C31H37ClN6. The molecule has 7 N–H and O–H groups in total. The van der Waals surface area contributed by atoms with Gasteiger partial charge in [-0.15, -0.1) is 0 Å². The van der Waals surface area contributed by atoms with Gasteiger partial charge in [-0.3, -0.25) is 9.97 Å². The second-order valence-electron chi connectivity index (χ2n) is 10.1. The first-order valence-electron chi connectivity index (χ1n) is 13.0. The quantitative estimate of drug-likeness (QED) is 0.203. The minimum atomic E-state index is -0.685. The summed E-state index contributed by atoms with van der Waals surface area (Å²) in [4.78, 5) is 8.87. The maximum Gasteiger partial charge on any atom is 0.0439 e. The fourth-order valence-corrected chi connectivity index (χ4v) is 5.14. The first-order valence-corrected chi connectivity index (χ1v) is 13.4. The van der Waals surface area contributed by atoms with Crippen molar-refractivity contribution in [1.29, 1.82) is 0 Å². The predicted molar refractivity (Wildman–Crippen MR) is 155 cm³/mol. The molecule has 0 aliphatic rings. The molecule has 0 aliphatic carbocycles. The zero-order chi connectivity index (χ0) is 26.8. The van der Waals surface area contributed by atoms with Crippen LogP contribution in [0.2, 0.25) is 5.02 Å². The van der Waals surface area contributed by atoms with Crippen molar-refractivity contribution in [3.63, 3.8) is 0 Å². The van der Waals surface area contributed by atoms with Crippen molar-refractivity contribution >= 4 is 11.6 Å². The molecule has 2 aromatic carbocycles. The molecule has 7 heteroatoms. The van der Waals surface area contributed by atoms with Gasteiger partial charge >= 0.3 is 0 Å². The number of aromatic nitrogens is 2. The van der Waals surface area contributed by atoms with E-state index in [1.807, 2.05) is 54.6 Å². The third kappa shape index (κ3) is 8.45. The molecule has 2 aromatic heterocycles. The van der Waals surface area contributed by atoms with E-state index in [1.165, 1.54) is 5.56 Å². The lowest BCUT2D eigenvalue weighted by molar-refractivity contribution is 0.314. The topological polar surface area (TPSA) is 116 Å². The average molecular weight is 529 g/mol. The number of hydrogen-bond acceptors (Lipinski definition) is 6. The summed E-state index contributed by atoms with van der Waals surface area (Å²) in [6.45, 7) is 1.48. The van der Waals surface area contributed by atoms with Gasteiger partial charge in [-0.25, -0.2) is 0 Å². The van der Waals surface area contributed by atoms with Gasteiger partial charge in [0.15, 0.2) is 0 Å². The van der Waals surface area contributed by atoms with Gasteiger partial charge < -0.3 is 22.5 Å². The Kier molecular flexibility index (Phi) is 9.98. The first kappa shape index (κ1) is 27.9. The molecule has 4 rings (SSSR count). The number of hydrogen-bond donors (Lipinski definition) is 4. The van der Waals surface area contributed by atoms with Gasteiger partial charge in [0.2, 0.25) is 0 Å². The summed E-state index contributed by atoms with van der Waals surface area (Å²) in [7, 11) is 0. The summed E-state index contributed by atoms with van der Waals surface area (Å²) in [5, 5.41) is 4.22. The molecule has 2 atom stereocenters. The summed E-state index contributed by atoms with van der Waals surface area (Å²) < 4.78 is 0. The highest BCUT2D eigenvalue weighted by Crippen LogP contribution is 2.30. The highest BCUT2D eigenvalue weighted by Gasteiger charge is 2.32. The van der Waals surface area contributed by atoms with Crippen LogP contribution in [-0.4, -0.2) is 22.1 Å². The molecule has 0 radical (unpaired) electrons. The molecule has 0 bridgehead atoms. The van der Waals surface area contributed by atoms with E-state index in [9.17, 15) is 0 Å². The summed E-state index contributed by atoms with van der Waals surface area (Å²) >= 11 is 6.10. The normalized spacial score (nSPS) is 14.5. The molecule has 0 saturated carbocycles. The Morgan fingerprint density at radius 1 is 0.711 bits per heavy atom. The van der Waals surface area contributed by atoms with E-state index in [0.717, 1.165) is 40.6 Å². The highest BCUT2D eigenvalue weighted by atomic mass is 35.5. The van der Waals surface area contributed by atoms with Crippen molar-refractivity contribution in [3.05, 3.63) is 130 Å². The highest BCUT2D eigenvalue weighted by molar-refractivity contribution is 6.30. The monoisotopic (exact) mass is 528 g/mol. The van der Waals surface area contributed by atoms with Gasteiger partial charge in [-0.2, -0.15) is 0 Å². The van der Waals surface area contributed by atoms with Crippen molar-refractivity contribution in [2.45, 2.75) is 56.4 Å². The lowest BCUT2D eigenvalue weighted by atomic mass is 9.78. The van der Waals surface area contributed by atoms with E-state index in [0.29, 0.717) is 25.7 Å². The van der Waals surface area contributed by atoms with Crippen LogP contribution in [0.1, 0.15) is 40.9 Å². The van der Waals surface area contributed by atoms with Crippen LogP contribution >= 0.6 is 11.6 Å². The van der Waals surface area contributed by atoms with Gasteiger partial charge in [-0.1, -0.05) is 60.1 Å². The molecule has 0 fully saturated rings. The number of halogens is 1. The zero-order valence-electron chi connectivity index (χ0n) is 21.6. The summed E-state index contributed by atoms with van der Waals surface area (Å²) in [5.74, 6) is 0. The fourth-order valence-electron chi connectivity index (χ4n) is 4.93. The van der Waals surface area contributed by atoms with E-state index in [1.54, 1.807) is 12.4 Å².